The zero-order chi connectivity index (χ0) is 15.5. The predicted octanol–water partition coefficient (Wildman–Crippen LogP) is 2.04. The minimum absolute atomic E-state index is 0.158. The van der Waals surface area contributed by atoms with E-state index in [0.717, 1.165) is 26.1 Å². The Morgan fingerprint density at radius 3 is 2.59 bits per heavy atom. The van der Waals surface area contributed by atoms with E-state index in [-0.39, 0.29) is 17.1 Å². The first-order chi connectivity index (χ1) is 10.6. The molecule has 0 unspecified atom stereocenters. The molecule has 1 saturated heterocycles. The Labute approximate surface area is 130 Å². The number of hydrogen-bond acceptors (Lipinski definition) is 4. The van der Waals surface area contributed by atoms with Crippen LogP contribution in [-0.2, 0) is 0 Å². The van der Waals surface area contributed by atoms with Crippen molar-refractivity contribution in [2.24, 2.45) is 0 Å². The summed E-state index contributed by atoms with van der Waals surface area (Å²) in [6.07, 6.45) is 6.23. The third-order valence-corrected chi connectivity index (χ3v) is 4.76. The fraction of sp³-hybridized carbons (Fsp3) is 0.647. The summed E-state index contributed by atoms with van der Waals surface area (Å²) in [5.41, 5.74) is -0.172. The summed E-state index contributed by atoms with van der Waals surface area (Å²) in [6.45, 7) is 5.13. The fourth-order valence-electron chi connectivity index (χ4n) is 3.64. The highest BCUT2D eigenvalue weighted by molar-refractivity contribution is 5.91. The summed E-state index contributed by atoms with van der Waals surface area (Å²) in [4.78, 5) is 28.5. The maximum atomic E-state index is 12.6. The molecule has 0 atom stereocenters. The molecule has 5 nitrogen and oxygen atoms in total. The first kappa shape index (κ1) is 15.3. The third kappa shape index (κ3) is 3.40. The highest BCUT2D eigenvalue weighted by Gasteiger charge is 2.27. The monoisotopic (exact) mass is 304 g/mol. The van der Waals surface area contributed by atoms with E-state index in [0.29, 0.717) is 18.3 Å². The molecule has 3 rings (SSSR count). The molecule has 0 radical (unpaired) electrons. The van der Waals surface area contributed by atoms with Crippen LogP contribution >= 0.6 is 0 Å². The van der Waals surface area contributed by atoms with Crippen molar-refractivity contribution in [1.29, 1.82) is 0 Å². The number of carbonyl (C=O) groups is 1. The van der Waals surface area contributed by atoms with Gasteiger partial charge in [-0.1, -0.05) is 12.8 Å². The zero-order valence-corrected chi connectivity index (χ0v) is 13.2. The second-order valence-electron chi connectivity index (χ2n) is 6.39. The van der Waals surface area contributed by atoms with Crippen molar-refractivity contribution >= 4 is 5.91 Å². The number of nitrogens with zero attached hydrogens (tertiary/aromatic N) is 2. The summed E-state index contributed by atoms with van der Waals surface area (Å²) >= 11 is 0. The molecule has 0 bridgehead atoms. The molecule has 0 spiro atoms. The molecule has 2 aliphatic rings. The summed E-state index contributed by atoms with van der Waals surface area (Å²) in [7, 11) is 0. The molecule has 1 aliphatic heterocycles. The second kappa shape index (κ2) is 6.65. The van der Waals surface area contributed by atoms with E-state index in [4.69, 9.17) is 4.42 Å². The molecule has 1 amide bonds. The standard InChI is InChI=1S/C17H24N2O3/c1-13-11-15(20)12-16(22-13)17(21)19-8-4-7-18(9-10-19)14-5-2-3-6-14/h11-12,14H,2-10H2,1H3. The molecule has 1 aromatic rings. The van der Waals surface area contributed by atoms with Crippen LogP contribution < -0.4 is 5.43 Å². The van der Waals surface area contributed by atoms with Gasteiger partial charge in [-0.05, 0) is 26.2 Å². The van der Waals surface area contributed by atoms with Crippen molar-refractivity contribution in [3.05, 3.63) is 33.9 Å². The Morgan fingerprint density at radius 2 is 1.86 bits per heavy atom. The second-order valence-corrected chi connectivity index (χ2v) is 6.39. The lowest BCUT2D eigenvalue weighted by Gasteiger charge is -2.27. The third-order valence-electron chi connectivity index (χ3n) is 4.76. The van der Waals surface area contributed by atoms with Gasteiger partial charge in [-0.15, -0.1) is 0 Å². The number of amides is 1. The van der Waals surface area contributed by atoms with Crippen molar-refractivity contribution in [2.75, 3.05) is 26.2 Å². The summed E-state index contributed by atoms with van der Waals surface area (Å²) in [5.74, 6) is 0.492. The lowest BCUT2D eigenvalue weighted by molar-refractivity contribution is 0.0721. The van der Waals surface area contributed by atoms with Crippen LogP contribution in [0.1, 0.15) is 48.4 Å². The Balaban J connectivity index is 1.67. The van der Waals surface area contributed by atoms with Gasteiger partial charge in [-0.2, -0.15) is 0 Å². The molecule has 5 heteroatoms. The van der Waals surface area contributed by atoms with Gasteiger partial charge in [0.05, 0.1) is 0 Å². The van der Waals surface area contributed by atoms with Gasteiger partial charge in [-0.3, -0.25) is 14.5 Å². The van der Waals surface area contributed by atoms with Crippen LogP contribution in [0.25, 0.3) is 0 Å². The minimum atomic E-state index is -0.172. The Hall–Kier alpha value is -1.62. The van der Waals surface area contributed by atoms with Gasteiger partial charge in [0, 0.05) is 44.4 Å². The van der Waals surface area contributed by atoms with Crippen LogP contribution in [0, 0.1) is 6.92 Å². The Morgan fingerprint density at radius 1 is 1.09 bits per heavy atom. The van der Waals surface area contributed by atoms with Gasteiger partial charge < -0.3 is 9.32 Å². The molecular formula is C17H24N2O3. The van der Waals surface area contributed by atoms with Gasteiger partial charge in [0.15, 0.2) is 11.2 Å². The number of aryl methyl sites for hydroxylation is 1. The van der Waals surface area contributed by atoms with E-state index >= 15 is 0 Å². The van der Waals surface area contributed by atoms with Crippen LogP contribution in [0.2, 0.25) is 0 Å². The van der Waals surface area contributed by atoms with Gasteiger partial charge in [0.2, 0.25) is 0 Å². The minimum Gasteiger partial charge on any atom is -0.456 e. The maximum absolute atomic E-state index is 12.6. The van der Waals surface area contributed by atoms with Crippen LogP contribution in [0.15, 0.2) is 21.3 Å². The normalized spacial score (nSPS) is 21.0. The van der Waals surface area contributed by atoms with Gasteiger partial charge in [-0.25, -0.2) is 0 Å². The molecule has 1 aliphatic carbocycles. The van der Waals surface area contributed by atoms with Crippen LogP contribution in [-0.4, -0.2) is 47.9 Å². The molecule has 0 N–H and O–H groups in total. The highest BCUT2D eigenvalue weighted by atomic mass is 16.3. The van der Waals surface area contributed by atoms with Crippen molar-refractivity contribution in [3.8, 4) is 0 Å². The van der Waals surface area contributed by atoms with Crippen molar-refractivity contribution in [2.45, 2.75) is 45.1 Å². The quantitative estimate of drug-likeness (QED) is 0.839. The molecule has 120 valence electrons. The average Bonchev–Trinajstić information content (AvgIpc) is 2.90. The molecule has 0 aromatic carbocycles. The lowest BCUT2D eigenvalue weighted by atomic mass is 10.2. The van der Waals surface area contributed by atoms with E-state index in [9.17, 15) is 9.59 Å². The van der Waals surface area contributed by atoms with Gasteiger partial charge in [0.25, 0.3) is 5.91 Å². The van der Waals surface area contributed by atoms with E-state index in [1.807, 2.05) is 4.90 Å². The summed E-state index contributed by atoms with van der Waals surface area (Å²) in [5, 5.41) is 0. The van der Waals surface area contributed by atoms with Gasteiger partial charge in [0.1, 0.15) is 5.76 Å². The predicted molar refractivity (Wildman–Crippen MR) is 84.1 cm³/mol. The van der Waals surface area contributed by atoms with Crippen molar-refractivity contribution < 1.29 is 9.21 Å². The van der Waals surface area contributed by atoms with Crippen LogP contribution in [0.3, 0.4) is 0 Å². The van der Waals surface area contributed by atoms with E-state index in [2.05, 4.69) is 4.90 Å². The molecule has 22 heavy (non-hydrogen) atoms. The van der Waals surface area contributed by atoms with Crippen molar-refractivity contribution in [3.63, 3.8) is 0 Å². The van der Waals surface area contributed by atoms with Gasteiger partial charge >= 0.3 is 0 Å². The molecule has 2 heterocycles. The molecule has 1 aromatic heterocycles. The van der Waals surface area contributed by atoms with Crippen molar-refractivity contribution in [1.82, 2.24) is 9.80 Å². The molecule has 1 saturated carbocycles. The number of hydrogen-bond donors (Lipinski definition) is 0. The topological polar surface area (TPSA) is 53.8 Å². The Bertz CT molecular complexity index is 590. The highest BCUT2D eigenvalue weighted by Crippen LogP contribution is 2.24. The average molecular weight is 304 g/mol. The van der Waals surface area contributed by atoms with E-state index in [1.54, 1.807) is 6.92 Å². The summed E-state index contributed by atoms with van der Waals surface area (Å²) in [6, 6.07) is 3.41. The lowest BCUT2D eigenvalue weighted by Crippen LogP contribution is -2.38. The first-order valence-corrected chi connectivity index (χ1v) is 8.28. The molecule has 2 fully saturated rings. The fourth-order valence-corrected chi connectivity index (χ4v) is 3.64. The molecular weight excluding hydrogens is 280 g/mol. The van der Waals surface area contributed by atoms with E-state index in [1.165, 1.54) is 37.8 Å². The zero-order valence-electron chi connectivity index (χ0n) is 13.2. The summed E-state index contributed by atoms with van der Waals surface area (Å²) < 4.78 is 5.44. The van der Waals surface area contributed by atoms with E-state index < -0.39 is 0 Å². The number of carbonyl (C=O) groups excluding carboxylic acids is 1. The van der Waals surface area contributed by atoms with Crippen LogP contribution in [0.4, 0.5) is 0 Å². The number of rotatable bonds is 2. The largest absolute Gasteiger partial charge is 0.456 e. The SMILES string of the molecule is Cc1cc(=O)cc(C(=O)N2CCCN(C3CCCC3)CC2)o1. The van der Waals surface area contributed by atoms with Crippen LogP contribution in [0.5, 0.6) is 0 Å². The maximum Gasteiger partial charge on any atom is 0.289 e. The smallest absolute Gasteiger partial charge is 0.289 e. The Kier molecular flexibility index (Phi) is 4.62. The first-order valence-electron chi connectivity index (χ1n) is 8.28.